The molecule has 7 nitrogen and oxygen atoms in total. The zero-order valence-electron chi connectivity index (χ0n) is 18.5. The van der Waals surface area contributed by atoms with Gasteiger partial charge in [0.15, 0.2) is 0 Å². The summed E-state index contributed by atoms with van der Waals surface area (Å²) in [4.78, 5) is 16.5. The average molecular weight is 428 g/mol. The Bertz CT molecular complexity index is 1270. The van der Waals surface area contributed by atoms with Crippen LogP contribution in [-0.2, 0) is 0 Å². The van der Waals surface area contributed by atoms with Crippen molar-refractivity contribution in [2.24, 2.45) is 0 Å². The summed E-state index contributed by atoms with van der Waals surface area (Å²) in [5.41, 5.74) is 5.94. The molecule has 0 spiro atoms. The minimum Gasteiger partial charge on any atom is -0.368 e. The maximum atomic E-state index is 4.93. The summed E-state index contributed by atoms with van der Waals surface area (Å²) in [7, 11) is 0. The van der Waals surface area contributed by atoms with E-state index in [0.29, 0.717) is 11.9 Å². The molecular formula is C25H29N7. The van der Waals surface area contributed by atoms with Crippen LogP contribution in [0.15, 0.2) is 42.7 Å². The maximum Gasteiger partial charge on any atom is 0.230 e. The summed E-state index contributed by atoms with van der Waals surface area (Å²) < 4.78 is 2.32. The van der Waals surface area contributed by atoms with Gasteiger partial charge in [0.1, 0.15) is 11.5 Å². The summed E-state index contributed by atoms with van der Waals surface area (Å²) in [6, 6.07) is 10.8. The molecule has 4 aromatic rings. The van der Waals surface area contributed by atoms with Crippen molar-refractivity contribution in [2.75, 3.05) is 36.4 Å². The lowest BCUT2D eigenvalue weighted by Gasteiger charge is -2.30. The van der Waals surface area contributed by atoms with Crippen LogP contribution in [0.3, 0.4) is 0 Å². The normalized spacial score (nSPS) is 17.5. The number of aromatic nitrogens is 4. The second kappa shape index (κ2) is 8.06. The molecule has 5 heterocycles. The Morgan fingerprint density at radius 3 is 2.62 bits per heavy atom. The van der Waals surface area contributed by atoms with Crippen molar-refractivity contribution in [1.82, 2.24) is 24.7 Å². The van der Waals surface area contributed by atoms with Gasteiger partial charge in [0.05, 0.1) is 11.9 Å². The fraction of sp³-hybridized carbons (Fsp3) is 0.400. The van der Waals surface area contributed by atoms with Gasteiger partial charge in [0, 0.05) is 49.0 Å². The Kier molecular flexibility index (Phi) is 4.91. The van der Waals surface area contributed by atoms with Crippen molar-refractivity contribution in [3.8, 4) is 0 Å². The first-order chi connectivity index (χ1) is 15.8. The lowest BCUT2D eigenvalue weighted by atomic mass is 10.0. The second-order valence-electron chi connectivity index (χ2n) is 9.02. The van der Waals surface area contributed by atoms with E-state index in [1.807, 2.05) is 12.4 Å². The molecule has 0 aromatic carbocycles. The third kappa shape index (κ3) is 3.46. The standard InChI is InChI=1S/C25H29N7/c1-17-14-23(27-16-22(17)31-12-10-26-11-13-31)29-25-28-15-19-6-7-20-8-9-21(18-4-2-3-5-18)32(20)24(19)30-25/h6-9,14-16,18,26H,2-5,10-13H2,1H3,(H,27,28,29,30). The predicted molar refractivity (Wildman–Crippen MR) is 129 cm³/mol. The van der Waals surface area contributed by atoms with E-state index in [4.69, 9.17) is 4.98 Å². The molecule has 32 heavy (non-hydrogen) atoms. The highest BCUT2D eigenvalue weighted by Gasteiger charge is 2.21. The Morgan fingerprint density at radius 2 is 1.81 bits per heavy atom. The van der Waals surface area contributed by atoms with E-state index in [-0.39, 0.29) is 0 Å². The molecule has 1 saturated heterocycles. The molecule has 2 aliphatic rings. The van der Waals surface area contributed by atoms with Crippen LogP contribution in [0, 0.1) is 6.92 Å². The zero-order valence-corrected chi connectivity index (χ0v) is 18.5. The number of aryl methyl sites for hydroxylation is 1. The second-order valence-corrected chi connectivity index (χ2v) is 9.02. The minimum atomic E-state index is 0.581. The highest BCUT2D eigenvalue weighted by molar-refractivity contribution is 5.80. The van der Waals surface area contributed by atoms with Gasteiger partial charge in [-0.3, -0.25) is 4.40 Å². The van der Waals surface area contributed by atoms with Crippen molar-refractivity contribution >= 4 is 34.0 Å². The topological polar surface area (TPSA) is 70.4 Å². The molecule has 1 aliphatic carbocycles. The van der Waals surface area contributed by atoms with Crippen molar-refractivity contribution in [3.63, 3.8) is 0 Å². The van der Waals surface area contributed by atoms with Gasteiger partial charge in [-0.15, -0.1) is 0 Å². The van der Waals surface area contributed by atoms with Gasteiger partial charge in [-0.1, -0.05) is 12.8 Å². The number of pyridine rings is 2. The van der Waals surface area contributed by atoms with Gasteiger partial charge >= 0.3 is 0 Å². The molecule has 164 valence electrons. The number of anilines is 3. The van der Waals surface area contributed by atoms with E-state index >= 15 is 0 Å². The smallest absolute Gasteiger partial charge is 0.230 e. The molecule has 6 rings (SSSR count). The Morgan fingerprint density at radius 1 is 1.00 bits per heavy atom. The van der Waals surface area contributed by atoms with Gasteiger partial charge in [0.2, 0.25) is 5.95 Å². The maximum absolute atomic E-state index is 4.93. The zero-order chi connectivity index (χ0) is 21.5. The highest BCUT2D eigenvalue weighted by Crippen LogP contribution is 2.36. The van der Waals surface area contributed by atoms with Gasteiger partial charge in [0.25, 0.3) is 0 Å². The molecule has 4 aromatic heterocycles. The van der Waals surface area contributed by atoms with Crippen LogP contribution in [0.25, 0.3) is 16.6 Å². The number of piperazine rings is 1. The van der Waals surface area contributed by atoms with Gasteiger partial charge in [-0.05, 0) is 61.6 Å². The van der Waals surface area contributed by atoms with E-state index in [2.05, 4.69) is 67.2 Å². The van der Waals surface area contributed by atoms with Crippen LogP contribution in [0.5, 0.6) is 0 Å². The first-order valence-corrected chi connectivity index (χ1v) is 11.7. The lowest BCUT2D eigenvalue weighted by Crippen LogP contribution is -2.43. The first kappa shape index (κ1) is 19.5. The molecule has 0 radical (unpaired) electrons. The summed E-state index contributed by atoms with van der Waals surface area (Å²) in [5, 5.41) is 7.79. The fourth-order valence-corrected chi connectivity index (χ4v) is 5.27. The lowest BCUT2D eigenvalue weighted by molar-refractivity contribution is 0.588. The van der Waals surface area contributed by atoms with E-state index in [9.17, 15) is 0 Å². The Balaban J connectivity index is 1.34. The quantitative estimate of drug-likeness (QED) is 0.503. The summed E-state index contributed by atoms with van der Waals surface area (Å²) >= 11 is 0. The Labute approximate surface area is 187 Å². The molecule has 0 unspecified atom stereocenters. The van der Waals surface area contributed by atoms with Crippen molar-refractivity contribution in [1.29, 1.82) is 0 Å². The predicted octanol–water partition coefficient (Wildman–Crippen LogP) is 4.40. The monoisotopic (exact) mass is 427 g/mol. The number of nitrogens with one attached hydrogen (secondary N) is 2. The third-order valence-electron chi connectivity index (χ3n) is 6.94. The molecule has 1 aliphatic heterocycles. The van der Waals surface area contributed by atoms with Crippen LogP contribution in [-0.4, -0.2) is 45.5 Å². The molecular weight excluding hydrogens is 398 g/mol. The van der Waals surface area contributed by atoms with Crippen LogP contribution in [0.2, 0.25) is 0 Å². The molecule has 2 N–H and O–H groups in total. The summed E-state index contributed by atoms with van der Waals surface area (Å²) in [6.45, 7) is 6.20. The summed E-state index contributed by atoms with van der Waals surface area (Å²) in [5.74, 6) is 1.98. The molecule has 0 bridgehead atoms. The largest absolute Gasteiger partial charge is 0.368 e. The number of fused-ring (bicyclic) bond motifs is 3. The minimum absolute atomic E-state index is 0.581. The fourth-order valence-electron chi connectivity index (χ4n) is 5.27. The molecule has 0 atom stereocenters. The third-order valence-corrected chi connectivity index (χ3v) is 6.94. The van der Waals surface area contributed by atoms with Crippen molar-refractivity contribution in [3.05, 3.63) is 54.0 Å². The molecule has 0 amide bonds. The highest BCUT2D eigenvalue weighted by atomic mass is 15.2. The van der Waals surface area contributed by atoms with Gasteiger partial charge in [-0.2, -0.15) is 4.98 Å². The molecule has 1 saturated carbocycles. The van der Waals surface area contributed by atoms with Crippen molar-refractivity contribution < 1.29 is 0 Å². The number of hydrogen-bond donors (Lipinski definition) is 2. The van der Waals surface area contributed by atoms with Crippen molar-refractivity contribution in [2.45, 2.75) is 38.5 Å². The summed E-state index contributed by atoms with van der Waals surface area (Å²) in [6.07, 6.45) is 9.04. The van der Waals surface area contributed by atoms with E-state index < -0.39 is 0 Å². The van der Waals surface area contributed by atoms with Crippen LogP contribution >= 0.6 is 0 Å². The van der Waals surface area contributed by atoms with E-state index in [0.717, 1.165) is 43.0 Å². The van der Waals surface area contributed by atoms with Crippen LogP contribution < -0.4 is 15.5 Å². The van der Waals surface area contributed by atoms with E-state index in [1.165, 1.54) is 48.1 Å². The number of rotatable bonds is 4. The number of hydrogen-bond acceptors (Lipinski definition) is 6. The molecule has 2 fully saturated rings. The van der Waals surface area contributed by atoms with Gasteiger partial charge in [-0.25, -0.2) is 9.97 Å². The average Bonchev–Trinajstić information content (AvgIpc) is 3.50. The van der Waals surface area contributed by atoms with E-state index in [1.54, 1.807) is 0 Å². The van der Waals surface area contributed by atoms with Crippen LogP contribution in [0.1, 0.15) is 42.9 Å². The molecule has 7 heteroatoms. The van der Waals surface area contributed by atoms with Crippen LogP contribution in [0.4, 0.5) is 17.5 Å². The SMILES string of the molecule is Cc1cc(Nc2ncc3ccc4ccc(C5CCCC5)n4c3n2)ncc1N1CCNCC1. The Hall–Kier alpha value is -3.19. The first-order valence-electron chi connectivity index (χ1n) is 11.7. The number of nitrogens with zero attached hydrogens (tertiary/aromatic N) is 5. The van der Waals surface area contributed by atoms with Gasteiger partial charge < -0.3 is 15.5 Å².